The summed E-state index contributed by atoms with van der Waals surface area (Å²) in [5.41, 5.74) is 1.33. The van der Waals surface area contributed by atoms with Gasteiger partial charge in [-0.15, -0.1) is 0 Å². The smallest absolute Gasteiger partial charge is 0.258 e. The van der Waals surface area contributed by atoms with Crippen molar-refractivity contribution in [3.8, 4) is 0 Å². The van der Waals surface area contributed by atoms with Gasteiger partial charge in [-0.3, -0.25) is 14.4 Å². The summed E-state index contributed by atoms with van der Waals surface area (Å²) in [5.74, 6) is -0.00706. The molecule has 1 aromatic rings. The molecule has 2 fully saturated rings. The third-order valence-corrected chi connectivity index (χ3v) is 5.18. The van der Waals surface area contributed by atoms with Crippen molar-refractivity contribution in [2.24, 2.45) is 7.05 Å². The molecule has 7 heteroatoms. The molecule has 22 heavy (non-hydrogen) atoms. The number of hydrogen-bond donors (Lipinski definition) is 0. The number of nitrogens with zero attached hydrogens (tertiary/aromatic N) is 4. The van der Waals surface area contributed by atoms with Gasteiger partial charge >= 0.3 is 0 Å². The monoisotopic (exact) mass is 326 g/mol. The summed E-state index contributed by atoms with van der Waals surface area (Å²) < 4.78 is 7.42. The van der Waals surface area contributed by atoms with E-state index in [0.29, 0.717) is 30.2 Å². The molecule has 1 amide bonds. The molecule has 0 N–H and O–H groups in total. The normalized spacial score (nSPS) is 26.1. The lowest BCUT2D eigenvalue weighted by molar-refractivity contribution is -0.0893. The number of halogens is 1. The van der Waals surface area contributed by atoms with Crippen molar-refractivity contribution in [3.05, 3.63) is 16.4 Å². The summed E-state index contributed by atoms with van der Waals surface area (Å²) in [4.78, 5) is 17.1. The van der Waals surface area contributed by atoms with Crippen LogP contribution in [0.5, 0.6) is 0 Å². The molecule has 0 radical (unpaired) electrons. The fourth-order valence-electron chi connectivity index (χ4n) is 3.40. The quantitative estimate of drug-likeness (QED) is 0.819. The number of amides is 1. The van der Waals surface area contributed by atoms with E-state index in [1.54, 1.807) is 11.7 Å². The van der Waals surface area contributed by atoms with Gasteiger partial charge in [-0.1, -0.05) is 18.5 Å². The zero-order chi connectivity index (χ0) is 15.9. The maximum absolute atomic E-state index is 12.9. The van der Waals surface area contributed by atoms with Crippen LogP contribution in [0.2, 0.25) is 5.15 Å². The first-order chi connectivity index (χ1) is 10.5. The first-order valence-corrected chi connectivity index (χ1v) is 8.23. The lowest BCUT2D eigenvalue weighted by Crippen LogP contribution is -2.59. The summed E-state index contributed by atoms with van der Waals surface area (Å²) in [6.45, 7) is 5.08. The number of aromatic nitrogens is 2. The van der Waals surface area contributed by atoms with E-state index >= 15 is 0 Å². The van der Waals surface area contributed by atoms with Crippen LogP contribution in [0.3, 0.4) is 0 Å². The van der Waals surface area contributed by atoms with Crippen LogP contribution in [0.25, 0.3) is 0 Å². The second-order valence-corrected chi connectivity index (χ2v) is 6.44. The maximum Gasteiger partial charge on any atom is 0.258 e. The highest BCUT2D eigenvalue weighted by Gasteiger charge is 2.38. The minimum atomic E-state index is -0.00706. The molecular weight excluding hydrogens is 304 g/mol. The minimum Gasteiger partial charge on any atom is -0.375 e. The molecule has 0 aromatic carbocycles. The highest BCUT2D eigenvalue weighted by molar-refractivity contribution is 6.33. The van der Waals surface area contributed by atoms with Crippen LogP contribution in [0.4, 0.5) is 0 Å². The summed E-state index contributed by atoms with van der Waals surface area (Å²) in [7, 11) is 3.87. The maximum atomic E-state index is 12.9. The number of piperidine rings is 1. The molecule has 6 nitrogen and oxygen atoms in total. The third-order valence-electron chi connectivity index (χ3n) is 4.75. The fraction of sp³-hybridized carbons (Fsp3) is 0.733. The van der Waals surface area contributed by atoms with Crippen molar-refractivity contribution in [3.63, 3.8) is 0 Å². The Hall–Kier alpha value is -1.11. The number of likely N-dealkylation sites (tertiary alicyclic amines) is 1. The van der Waals surface area contributed by atoms with E-state index in [2.05, 4.69) is 17.0 Å². The Labute approximate surface area is 136 Å². The SMILES string of the molecule is CCc1nn(C)c(Cl)c1C(=O)N1CC[C@@H]2OCCN(C)[C@@H]2C1. The van der Waals surface area contributed by atoms with Gasteiger partial charge < -0.3 is 9.64 Å². The van der Waals surface area contributed by atoms with Gasteiger partial charge in [-0.05, 0) is 19.9 Å². The Bertz CT molecular complexity index is 574. The first-order valence-electron chi connectivity index (χ1n) is 7.85. The first kappa shape index (κ1) is 15.8. The molecule has 2 atom stereocenters. The second-order valence-electron chi connectivity index (χ2n) is 6.09. The molecule has 0 spiro atoms. The average Bonchev–Trinajstić information content (AvgIpc) is 2.81. The molecule has 2 saturated heterocycles. The number of morpholine rings is 1. The standard InChI is InChI=1S/C15H23ClN4O2/c1-4-10-13(14(16)19(3)17-10)15(21)20-6-5-12-11(9-20)18(2)7-8-22-12/h11-12H,4-9H2,1-3H3/t11-,12+/m1/s1. The van der Waals surface area contributed by atoms with Crippen molar-refractivity contribution in [2.45, 2.75) is 31.9 Å². The molecule has 0 saturated carbocycles. The van der Waals surface area contributed by atoms with E-state index in [4.69, 9.17) is 16.3 Å². The average molecular weight is 327 g/mol. The van der Waals surface area contributed by atoms with Gasteiger partial charge in [0.05, 0.1) is 30.0 Å². The number of carbonyl (C=O) groups is 1. The second kappa shape index (κ2) is 6.18. The van der Waals surface area contributed by atoms with Crippen LogP contribution in [-0.2, 0) is 18.2 Å². The largest absolute Gasteiger partial charge is 0.375 e. The number of ether oxygens (including phenoxy) is 1. The van der Waals surface area contributed by atoms with Crippen molar-refractivity contribution < 1.29 is 9.53 Å². The van der Waals surface area contributed by atoms with Gasteiger partial charge in [0.1, 0.15) is 5.15 Å². The molecule has 0 aliphatic carbocycles. The summed E-state index contributed by atoms with van der Waals surface area (Å²) in [5, 5.41) is 4.77. The van der Waals surface area contributed by atoms with Crippen molar-refractivity contribution in [2.75, 3.05) is 33.3 Å². The summed E-state index contributed by atoms with van der Waals surface area (Å²) in [6, 6.07) is 0.270. The molecule has 3 rings (SSSR count). The lowest BCUT2D eigenvalue weighted by atomic mass is 9.98. The van der Waals surface area contributed by atoms with E-state index in [0.717, 1.165) is 25.3 Å². The third kappa shape index (κ3) is 2.64. The van der Waals surface area contributed by atoms with E-state index in [1.807, 2.05) is 11.8 Å². The lowest BCUT2D eigenvalue weighted by Gasteiger charge is -2.45. The Morgan fingerprint density at radius 3 is 2.91 bits per heavy atom. The Morgan fingerprint density at radius 1 is 1.41 bits per heavy atom. The Morgan fingerprint density at radius 2 is 2.18 bits per heavy atom. The molecule has 0 unspecified atom stereocenters. The predicted octanol–water partition coefficient (Wildman–Crippen LogP) is 1.18. The van der Waals surface area contributed by atoms with Crippen molar-refractivity contribution in [1.82, 2.24) is 19.6 Å². The minimum absolute atomic E-state index is 0.00706. The number of aryl methyl sites for hydroxylation is 2. The van der Waals surface area contributed by atoms with Gasteiger partial charge in [-0.2, -0.15) is 5.10 Å². The zero-order valence-corrected chi connectivity index (χ0v) is 14.1. The van der Waals surface area contributed by atoms with Crippen LogP contribution in [0, 0.1) is 0 Å². The Balaban J connectivity index is 1.81. The molecular formula is C15H23ClN4O2. The van der Waals surface area contributed by atoms with Crippen LogP contribution in [0.15, 0.2) is 0 Å². The van der Waals surface area contributed by atoms with E-state index in [1.165, 1.54) is 0 Å². The van der Waals surface area contributed by atoms with E-state index in [-0.39, 0.29) is 18.1 Å². The van der Waals surface area contributed by atoms with Crippen LogP contribution >= 0.6 is 11.6 Å². The van der Waals surface area contributed by atoms with Gasteiger partial charge in [0, 0.05) is 26.7 Å². The van der Waals surface area contributed by atoms with Crippen LogP contribution < -0.4 is 0 Å². The van der Waals surface area contributed by atoms with Gasteiger partial charge in [-0.25, -0.2) is 0 Å². The van der Waals surface area contributed by atoms with E-state index in [9.17, 15) is 4.79 Å². The molecule has 3 heterocycles. The highest BCUT2D eigenvalue weighted by Crippen LogP contribution is 2.26. The number of likely N-dealkylation sites (N-methyl/N-ethyl adjacent to an activating group) is 1. The van der Waals surface area contributed by atoms with Crippen molar-refractivity contribution >= 4 is 17.5 Å². The van der Waals surface area contributed by atoms with Crippen molar-refractivity contribution in [1.29, 1.82) is 0 Å². The summed E-state index contributed by atoms with van der Waals surface area (Å²) in [6.07, 6.45) is 1.81. The number of fused-ring (bicyclic) bond motifs is 1. The van der Waals surface area contributed by atoms with Crippen LogP contribution in [-0.4, -0.2) is 70.9 Å². The van der Waals surface area contributed by atoms with Gasteiger partial charge in [0.15, 0.2) is 0 Å². The topological polar surface area (TPSA) is 50.6 Å². The highest BCUT2D eigenvalue weighted by atomic mass is 35.5. The van der Waals surface area contributed by atoms with Crippen LogP contribution in [0.1, 0.15) is 29.4 Å². The molecule has 2 aliphatic heterocycles. The molecule has 122 valence electrons. The number of hydrogen-bond acceptors (Lipinski definition) is 4. The van der Waals surface area contributed by atoms with E-state index < -0.39 is 0 Å². The molecule has 0 bridgehead atoms. The van der Waals surface area contributed by atoms with Gasteiger partial charge in [0.2, 0.25) is 0 Å². The number of carbonyl (C=O) groups excluding carboxylic acids is 1. The Kier molecular flexibility index (Phi) is 4.43. The zero-order valence-electron chi connectivity index (χ0n) is 13.4. The fourth-order valence-corrected chi connectivity index (χ4v) is 3.63. The molecule has 2 aliphatic rings. The van der Waals surface area contributed by atoms with Gasteiger partial charge in [0.25, 0.3) is 5.91 Å². The molecule has 1 aromatic heterocycles. The summed E-state index contributed by atoms with van der Waals surface area (Å²) >= 11 is 6.29. The number of rotatable bonds is 2. The predicted molar refractivity (Wildman–Crippen MR) is 84.3 cm³/mol.